The Bertz CT molecular complexity index is 686. The van der Waals surface area contributed by atoms with Gasteiger partial charge in [-0.15, -0.1) is 12.4 Å². The molecule has 2 aromatic rings. The SMILES string of the molecule is CN(C)CC(Cc1ccccc1)NC(=O)c1n[nH]c2c1CNCC2.Cl. The Kier molecular flexibility index (Phi) is 6.99. The topological polar surface area (TPSA) is 73.0 Å². The molecule has 1 amide bonds. The van der Waals surface area contributed by atoms with Crippen molar-refractivity contribution in [3.63, 3.8) is 0 Å². The number of benzene rings is 1. The number of aromatic amines is 1. The quantitative estimate of drug-likeness (QED) is 0.725. The molecular weight excluding hydrogens is 338 g/mol. The molecule has 0 bridgehead atoms. The molecule has 3 N–H and O–H groups in total. The van der Waals surface area contributed by atoms with E-state index >= 15 is 0 Å². The minimum Gasteiger partial charge on any atom is -0.346 e. The molecule has 25 heavy (non-hydrogen) atoms. The van der Waals surface area contributed by atoms with Gasteiger partial charge in [-0.1, -0.05) is 30.3 Å². The van der Waals surface area contributed by atoms with Gasteiger partial charge in [0.2, 0.25) is 0 Å². The number of halogens is 1. The van der Waals surface area contributed by atoms with E-state index in [0.717, 1.165) is 37.2 Å². The molecular formula is C18H26ClN5O. The number of hydrogen-bond acceptors (Lipinski definition) is 4. The van der Waals surface area contributed by atoms with Crippen LogP contribution >= 0.6 is 12.4 Å². The first kappa shape index (κ1) is 19.4. The van der Waals surface area contributed by atoms with Gasteiger partial charge in [0.05, 0.1) is 0 Å². The zero-order valence-electron chi connectivity index (χ0n) is 14.7. The van der Waals surface area contributed by atoms with E-state index in [-0.39, 0.29) is 24.4 Å². The fraction of sp³-hybridized carbons (Fsp3) is 0.444. The lowest BCUT2D eigenvalue weighted by atomic mass is 10.0. The molecule has 1 aromatic carbocycles. The van der Waals surface area contributed by atoms with Crippen LogP contribution in [0.15, 0.2) is 30.3 Å². The van der Waals surface area contributed by atoms with Gasteiger partial charge in [0.1, 0.15) is 0 Å². The van der Waals surface area contributed by atoms with Crippen LogP contribution in [-0.4, -0.2) is 54.2 Å². The highest BCUT2D eigenvalue weighted by Gasteiger charge is 2.23. The van der Waals surface area contributed by atoms with Gasteiger partial charge in [-0.25, -0.2) is 0 Å². The van der Waals surface area contributed by atoms with E-state index in [1.54, 1.807) is 0 Å². The van der Waals surface area contributed by atoms with Crippen LogP contribution < -0.4 is 10.6 Å². The molecule has 136 valence electrons. The molecule has 0 radical (unpaired) electrons. The number of carbonyl (C=O) groups is 1. The van der Waals surface area contributed by atoms with Crippen molar-refractivity contribution in [3.05, 3.63) is 52.8 Å². The maximum Gasteiger partial charge on any atom is 0.272 e. The number of likely N-dealkylation sites (N-methyl/N-ethyl adjacent to an activating group) is 1. The molecule has 0 saturated heterocycles. The molecule has 0 spiro atoms. The largest absolute Gasteiger partial charge is 0.346 e. The molecule has 1 aliphatic rings. The number of nitrogens with zero attached hydrogens (tertiary/aromatic N) is 2. The van der Waals surface area contributed by atoms with Crippen molar-refractivity contribution < 1.29 is 4.79 Å². The summed E-state index contributed by atoms with van der Waals surface area (Å²) in [5.74, 6) is -0.0982. The van der Waals surface area contributed by atoms with Crippen molar-refractivity contribution in [3.8, 4) is 0 Å². The minimum atomic E-state index is -0.0982. The fourth-order valence-electron chi connectivity index (χ4n) is 3.17. The second-order valence-corrected chi connectivity index (χ2v) is 6.58. The monoisotopic (exact) mass is 363 g/mol. The molecule has 0 fully saturated rings. The van der Waals surface area contributed by atoms with Crippen LogP contribution in [0, 0.1) is 0 Å². The van der Waals surface area contributed by atoms with Crippen LogP contribution in [0.5, 0.6) is 0 Å². The lowest BCUT2D eigenvalue weighted by Crippen LogP contribution is -2.43. The third-order valence-corrected chi connectivity index (χ3v) is 4.27. The summed E-state index contributed by atoms with van der Waals surface area (Å²) >= 11 is 0. The maximum absolute atomic E-state index is 12.7. The van der Waals surface area contributed by atoms with Gasteiger partial charge >= 0.3 is 0 Å². The van der Waals surface area contributed by atoms with Gasteiger partial charge < -0.3 is 15.5 Å². The Balaban J connectivity index is 0.00000225. The molecule has 1 atom stereocenters. The zero-order chi connectivity index (χ0) is 16.9. The molecule has 7 heteroatoms. The molecule has 3 rings (SSSR count). The molecule has 0 saturated carbocycles. The second-order valence-electron chi connectivity index (χ2n) is 6.58. The van der Waals surface area contributed by atoms with Crippen LogP contribution in [0.3, 0.4) is 0 Å². The Labute approximate surface area is 154 Å². The van der Waals surface area contributed by atoms with Crippen LogP contribution in [-0.2, 0) is 19.4 Å². The van der Waals surface area contributed by atoms with Crippen LogP contribution in [0.4, 0.5) is 0 Å². The van der Waals surface area contributed by atoms with E-state index in [2.05, 4.69) is 37.9 Å². The number of aromatic nitrogens is 2. The van der Waals surface area contributed by atoms with Crippen molar-refractivity contribution in [2.45, 2.75) is 25.4 Å². The lowest BCUT2D eigenvalue weighted by molar-refractivity contribution is 0.0924. The van der Waals surface area contributed by atoms with E-state index in [0.29, 0.717) is 12.2 Å². The van der Waals surface area contributed by atoms with Crippen LogP contribution in [0.1, 0.15) is 27.3 Å². The standard InChI is InChI=1S/C18H25N5O.ClH/c1-23(2)12-14(10-13-6-4-3-5-7-13)20-18(24)17-15-11-19-9-8-16(15)21-22-17;/h3-7,14,19H,8-12H2,1-2H3,(H,20,24)(H,21,22);1H. The number of carbonyl (C=O) groups excluding carboxylic acids is 1. The van der Waals surface area contributed by atoms with Gasteiger partial charge in [0, 0.05) is 43.4 Å². The first-order valence-electron chi connectivity index (χ1n) is 8.40. The molecule has 1 unspecified atom stereocenters. The van der Waals surface area contributed by atoms with Crippen LogP contribution in [0.25, 0.3) is 0 Å². The van der Waals surface area contributed by atoms with E-state index in [1.165, 1.54) is 5.56 Å². The predicted octanol–water partition coefficient (Wildman–Crippen LogP) is 1.38. The molecule has 1 aliphatic heterocycles. The van der Waals surface area contributed by atoms with Crippen molar-refractivity contribution in [2.24, 2.45) is 0 Å². The average molecular weight is 364 g/mol. The minimum absolute atomic E-state index is 0. The summed E-state index contributed by atoms with van der Waals surface area (Å²) in [5, 5.41) is 13.7. The molecule has 1 aromatic heterocycles. The van der Waals surface area contributed by atoms with Crippen molar-refractivity contribution in [2.75, 3.05) is 27.2 Å². The smallest absolute Gasteiger partial charge is 0.272 e. The highest BCUT2D eigenvalue weighted by atomic mass is 35.5. The van der Waals surface area contributed by atoms with Crippen LogP contribution in [0.2, 0.25) is 0 Å². The van der Waals surface area contributed by atoms with Crippen molar-refractivity contribution in [1.82, 2.24) is 25.7 Å². The zero-order valence-corrected chi connectivity index (χ0v) is 15.5. The maximum atomic E-state index is 12.7. The summed E-state index contributed by atoms with van der Waals surface area (Å²) in [6.07, 6.45) is 1.69. The summed E-state index contributed by atoms with van der Waals surface area (Å²) < 4.78 is 0. The summed E-state index contributed by atoms with van der Waals surface area (Å²) in [4.78, 5) is 14.8. The number of nitrogens with one attached hydrogen (secondary N) is 3. The summed E-state index contributed by atoms with van der Waals surface area (Å²) in [6.45, 7) is 2.41. The Morgan fingerprint density at radius 1 is 1.32 bits per heavy atom. The van der Waals surface area contributed by atoms with E-state index in [1.807, 2.05) is 32.3 Å². The van der Waals surface area contributed by atoms with Crippen molar-refractivity contribution in [1.29, 1.82) is 0 Å². The Hall–Kier alpha value is -1.89. The highest BCUT2D eigenvalue weighted by molar-refractivity contribution is 5.94. The van der Waals surface area contributed by atoms with Gasteiger partial charge in [-0.3, -0.25) is 9.89 Å². The fourth-order valence-corrected chi connectivity index (χ4v) is 3.17. The predicted molar refractivity (Wildman–Crippen MR) is 101 cm³/mol. The number of fused-ring (bicyclic) bond motifs is 1. The number of hydrogen-bond donors (Lipinski definition) is 3. The van der Waals surface area contributed by atoms with E-state index in [9.17, 15) is 4.79 Å². The van der Waals surface area contributed by atoms with E-state index in [4.69, 9.17) is 0 Å². The summed E-state index contributed by atoms with van der Waals surface area (Å²) in [5.41, 5.74) is 3.82. The van der Waals surface area contributed by atoms with Crippen molar-refractivity contribution >= 4 is 18.3 Å². The number of amides is 1. The van der Waals surface area contributed by atoms with Gasteiger partial charge in [0.15, 0.2) is 5.69 Å². The normalized spacial score (nSPS) is 14.5. The second kappa shape index (κ2) is 8.99. The number of H-pyrrole nitrogens is 1. The summed E-state index contributed by atoms with van der Waals surface area (Å²) in [7, 11) is 4.04. The molecule has 0 aliphatic carbocycles. The van der Waals surface area contributed by atoms with E-state index < -0.39 is 0 Å². The third-order valence-electron chi connectivity index (χ3n) is 4.27. The van der Waals surface area contributed by atoms with Gasteiger partial charge in [-0.2, -0.15) is 5.10 Å². The highest BCUT2D eigenvalue weighted by Crippen LogP contribution is 2.15. The first-order valence-corrected chi connectivity index (χ1v) is 8.40. The van der Waals surface area contributed by atoms with Gasteiger partial charge in [0.25, 0.3) is 5.91 Å². The Morgan fingerprint density at radius 3 is 2.80 bits per heavy atom. The average Bonchev–Trinajstić information content (AvgIpc) is 2.99. The first-order chi connectivity index (χ1) is 11.6. The third kappa shape index (κ3) is 5.04. The Morgan fingerprint density at radius 2 is 2.08 bits per heavy atom. The molecule has 6 nitrogen and oxygen atoms in total. The molecule has 2 heterocycles. The lowest BCUT2D eigenvalue weighted by Gasteiger charge is -2.22. The number of rotatable bonds is 6. The summed E-state index contributed by atoms with van der Waals surface area (Å²) in [6, 6.07) is 10.3. The van der Waals surface area contributed by atoms with Gasteiger partial charge in [-0.05, 0) is 26.1 Å².